The predicted molar refractivity (Wildman–Crippen MR) is 48.3 cm³/mol. The molecule has 0 atom stereocenters. The van der Waals surface area contributed by atoms with E-state index in [0.29, 0.717) is 16.0 Å². The number of furan rings is 1. The summed E-state index contributed by atoms with van der Waals surface area (Å²) in [5.74, 6) is -0.570. The van der Waals surface area contributed by atoms with Crippen molar-refractivity contribution in [2.45, 2.75) is 0 Å². The van der Waals surface area contributed by atoms with Gasteiger partial charge in [0.05, 0.1) is 5.39 Å². The molecule has 0 aliphatic carbocycles. The number of rotatable bonds is 1. The summed E-state index contributed by atoms with van der Waals surface area (Å²) in [6, 6.07) is 4.66. The van der Waals surface area contributed by atoms with E-state index < -0.39 is 0 Å². The summed E-state index contributed by atoms with van der Waals surface area (Å²) < 4.78 is 4.92. The second-order valence-corrected chi connectivity index (χ2v) is 2.92. The van der Waals surface area contributed by atoms with Crippen LogP contribution in [0, 0.1) is 4.91 Å². The van der Waals surface area contributed by atoms with Gasteiger partial charge in [0.1, 0.15) is 5.58 Å². The van der Waals surface area contributed by atoms with Gasteiger partial charge in [0, 0.05) is 16.3 Å². The van der Waals surface area contributed by atoms with Crippen LogP contribution in [-0.2, 0) is 0 Å². The number of benzene rings is 1. The molecule has 0 unspecified atom stereocenters. The Balaban J connectivity index is 2.83. The molecule has 2 rings (SSSR count). The fourth-order valence-corrected chi connectivity index (χ4v) is 1.27. The van der Waals surface area contributed by atoms with Gasteiger partial charge in [-0.2, -0.15) is 0 Å². The zero-order chi connectivity index (χ0) is 9.42. The molecule has 0 fully saturated rings. The minimum Gasteiger partial charge on any atom is -0.502 e. The third-order valence-corrected chi connectivity index (χ3v) is 1.93. The van der Waals surface area contributed by atoms with Gasteiger partial charge in [0.15, 0.2) is 5.75 Å². The van der Waals surface area contributed by atoms with Crippen molar-refractivity contribution >= 4 is 28.5 Å². The minimum atomic E-state index is -0.322. The molecule has 1 aromatic heterocycles. The fraction of sp³-hybridized carbons (Fsp3) is 0. The van der Waals surface area contributed by atoms with Crippen molar-refractivity contribution in [1.29, 1.82) is 0 Å². The molecule has 1 heterocycles. The largest absolute Gasteiger partial charge is 0.502 e. The lowest BCUT2D eigenvalue weighted by atomic mass is 10.2. The lowest BCUT2D eigenvalue weighted by molar-refractivity contribution is 0.469. The molecule has 4 nitrogen and oxygen atoms in total. The first kappa shape index (κ1) is 8.07. The van der Waals surface area contributed by atoms with Gasteiger partial charge >= 0.3 is 5.88 Å². The van der Waals surface area contributed by atoms with Gasteiger partial charge < -0.3 is 9.52 Å². The van der Waals surface area contributed by atoms with Crippen LogP contribution in [0.1, 0.15) is 0 Å². The lowest BCUT2D eigenvalue weighted by Gasteiger charge is -1.88. The van der Waals surface area contributed by atoms with Crippen molar-refractivity contribution < 1.29 is 9.52 Å². The standard InChI is InChI=1S/C8H4ClNO3/c9-4-1-2-5-6(3-4)13-8(10-12)7(5)11/h1-3,11H. The molecule has 1 aromatic carbocycles. The maximum Gasteiger partial charge on any atom is 0.304 e. The molecule has 0 saturated heterocycles. The van der Waals surface area contributed by atoms with E-state index in [-0.39, 0.29) is 11.6 Å². The molecule has 66 valence electrons. The van der Waals surface area contributed by atoms with Gasteiger partial charge in [0.25, 0.3) is 0 Å². The Kier molecular flexibility index (Phi) is 1.70. The molecule has 1 N–H and O–H groups in total. The Morgan fingerprint density at radius 2 is 2.23 bits per heavy atom. The van der Waals surface area contributed by atoms with Crippen LogP contribution in [0.5, 0.6) is 5.75 Å². The van der Waals surface area contributed by atoms with Crippen LogP contribution >= 0.6 is 11.6 Å². The van der Waals surface area contributed by atoms with Crippen LogP contribution in [0.15, 0.2) is 27.8 Å². The van der Waals surface area contributed by atoms with Gasteiger partial charge in [-0.3, -0.25) is 0 Å². The van der Waals surface area contributed by atoms with E-state index in [0.717, 1.165) is 0 Å². The Bertz CT molecular complexity index is 477. The topological polar surface area (TPSA) is 62.8 Å². The molecular formula is C8H4ClNO3. The second kappa shape index (κ2) is 2.74. The zero-order valence-electron chi connectivity index (χ0n) is 6.32. The fourth-order valence-electron chi connectivity index (χ4n) is 1.11. The maximum absolute atomic E-state index is 10.1. The van der Waals surface area contributed by atoms with Gasteiger partial charge in [-0.1, -0.05) is 11.6 Å². The lowest BCUT2D eigenvalue weighted by Crippen LogP contribution is -1.64. The average molecular weight is 198 g/mol. The van der Waals surface area contributed by atoms with Crippen LogP contribution in [-0.4, -0.2) is 5.11 Å². The SMILES string of the molecule is O=Nc1oc2cc(Cl)ccc2c1O. The van der Waals surface area contributed by atoms with Crippen LogP contribution in [0.3, 0.4) is 0 Å². The molecule has 0 radical (unpaired) electrons. The van der Waals surface area contributed by atoms with Gasteiger partial charge in [0.2, 0.25) is 0 Å². The monoisotopic (exact) mass is 197 g/mol. The Morgan fingerprint density at radius 1 is 1.46 bits per heavy atom. The third-order valence-electron chi connectivity index (χ3n) is 1.69. The summed E-state index contributed by atoms with van der Waals surface area (Å²) >= 11 is 5.67. The van der Waals surface area contributed by atoms with Gasteiger partial charge in [-0.05, 0) is 12.1 Å². The van der Waals surface area contributed by atoms with E-state index in [9.17, 15) is 10.0 Å². The van der Waals surface area contributed by atoms with Crippen LogP contribution in [0.2, 0.25) is 5.02 Å². The molecule has 13 heavy (non-hydrogen) atoms. The van der Waals surface area contributed by atoms with Crippen molar-refractivity contribution in [2.75, 3.05) is 0 Å². The third kappa shape index (κ3) is 1.15. The van der Waals surface area contributed by atoms with Gasteiger partial charge in [-0.15, -0.1) is 4.91 Å². The van der Waals surface area contributed by atoms with E-state index in [1.165, 1.54) is 6.07 Å². The summed E-state index contributed by atoms with van der Waals surface area (Å²) in [4.78, 5) is 10.1. The highest BCUT2D eigenvalue weighted by Crippen LogP contribution is 2.38. The number of nitroso groups, excluding NO2 is 1. The Labute approximate surface area is 77.7 Å². The van der Waals surface area contributed by atoms with E-state index >= 15 is 0 Å². The first-order valence-electron chi connectivity index (χ1n) is 3.47. The number of hydrogen-bond donors (Lipinski definition) is 1. The highest BCUT2D eigenvalue weighted by atomic mass is 35.5. The number of aromatic hydroxyl groups is 1. The molecule has 2 aromatic rings. The molecule has 0 aliphatic rings. The maximum atomic E-state index is 10.1. The van der Waals surface area contributed by atoms with Crippen molar-refractivity contribution in [3.05, 3.63) is 28.1 Å². The molecule has 0 aliphatic heterocycles. The average Bonchev–Trinajstić information content (AvgIpc) is 2.42. The van der Waals surface area contributed by atoms with E-state index in [1.807, 2.05) is 0 Å². The van der Waals surface area contributed by atoms with Crippen molar-refractivity contribution in [3.8, 4) is 5.75 Å². The molecule has 0 saturated carbocycles. The number of nitrogens with zero attached hydrogens (tertiary/aromatic N) is 1. The molecule has 0 spiro atoms. The normalized spacial score (nSPS) is 10.5. The summed E-state index contributed by atoms with van der Waals surface area (Å²) in [5.41, 5.74) is 0.347. The van der Waals surface area contributed by atoms with E-state index in [4.69, 9.17) is 16.0 Å². The predicted octanol–water partition coefficient (Wildman–Crippen LogP) is 3.19. The first-order chi connectivity index (χ1) is 6.22. The summed E-state index contributed by atoms with van der Waals surface area (Å²) in [6.45, 7) is 0. The number of fused-ring (bicyclic) bond motifs is 1. The van der Waals surface area contributed by atoms with E-state index in [2.05, 4.69) is 5.18 Å². The van der Waals surface area contributed by atoms with Crippen molar-refractivity contribution in [1.82, 2.24) is 0 Å². The molecule has 0 amide bonds. The molecular weight excluding hydrogens is 194 g/mol. The van der Waals surface area contributed by atoms with Crippen LogP contribution < -0.4 is 0 Å². The Morgan fingerprint density at radius 3 is 2.92 bits per heavy atom. The molecule has 0 bridgehead atoms. The van der Waals surface area contributed by atoms with Gasteiger partial charge in [-0.25, -0.2) is 0 Å². The number of halogens is 1. The van der Waals surface area contributed by atoms with Crippen LogP contribution in [0.4, 0.5) is 5.88 Å². The summed E-state index contributed by atoms with van der Waals surface area (Å²) in [5, 5.41) is 12.8. The van der Waals surface area contributed by atoms with Crippen molar-refractivity contribution in [2.24, 2.45) is 5.18 Å². The second-order valence-electron chi connectivity index (χ2n) is 2.49. The smallest absolute Gasteiger partial charge is 0.304 e. The zero-order valence-corrected chi connectivity index (χ0v) is 7.08. The Hall–Kier alpha value is -1.55. The summed E-state index contributed by atoms with van der Waals surface area (Å²) in [6.07, 6.45) is 0. The molecule has 5 heteroatoms. The van der Waals surface area contributed by atoms with Crippen LogP contribution in [0.25, 0.3) is 11.0 Å². The first-order valence-corrected chi connectivity index (χ1v) is 3.84. The minimum absolute atomic E-state index is 0.248. The van der Waals surface area contributed by atoms with E-state index in [1.54, 1.807) is 12.1 Å². The van der Waals surface area contributed by atoms with Crippen molar-refractivity contribution in [3.63, 3.8) is 0 Å². The number of hydrogen-bond acceptors (Lipinski definition) is 4. The summed E-state index contributed by atoms with van der Waals surface area (Å²) in [7, 11) is 0. The quantitative estimate of drug-likeness (QED) is 0.714. The highest BCUT2D eigenvalue weighted by molar-refractivity contribution is 6.31. The highest BCUT2D eigenvalue weighted by Gasteiger charge is 2.13.